The number of hydrogen-bond donors (Lipinski definition) is 1. The molecule has 2 N–H and O–H groups in total. The standard InChI is InChI=1S/C11H15N5O/c1-7-4-10(9(5-12)8(2)14-7)17-11-13-6-16(3)15-11/h4,6H,5,12H2,1-3H3. The van der Waals surface area contributed by atoms with Crippen molar-refractivity contribution in [2.75, 3.05) is 0 Å². The molecule has 0 amide bonds. The van der Waals surface area contributed by atoms with Crippen molar-refractivity contribution in [3.8, 4) is 11.8 Å². The smallest absolute Gasteiger partial charge is 0.340 e. The van der Waals surface area contributed by atoms with E-state index in [0.717, 1.165) is 17.0 Å². The topological polar surface area (TPSA) is 78.8 Å². The van der Waals surface area contributed by atoms with E-state index in [1.165, 1.54) is 0 Å². The minimum atomic E-state index is 0.312. The van der Waals surface area contributed by atoms with Gasteiger partial charge in [0.15, 0.2) is 0 Å². The highest BCUT2D eigenvalue weighted by Crippen LogP contribution is 2.25. The molecule has 0 aliphatic heterocycles. The first kappa shape index (κ1) is 11.5. The van der Waals surface area contributed by atoms with E-state index in [9.17, 15) is 0 Å². The minimum absolute atomic E-state index is 0.312. The third kappa shape index (κ3) is 2.42. The van der Waals surface area contributed by atoms with Gasteiger partial charge in [0, 0.05) is 36.6 Å². The molecular weight excluding hydrogens is 218 g/mol. The van der Waals surface area contributed by atoms with Gasteiger partial charge in [-0.3, -0.25) is 9.67 Å². The van der Waals surface area contributed by atoms with Crippen LogP contribution in [0.15, 0.2) is 12.4 Å². The maximum atomic E-state index is 5.69. The van der Waals surface area contributed by atoms with Crippen LogP contribution in [0.25, 0.3) is 0 Å². The van der Waals surface area contributed by atoms with Crippen LogP contribution in [0.4, 0.5) is 0 Å². The maximum Gasteiger partial charge on any atom is 0.340 e. The van der Waals surface area contributed by atoms with Crippen molar-refractivity contribution in [1.82, 2.24) is 19.7 Å². The van der Waals surface area contributed by atoms with E-state index in [1.807, 2.05) is 19.9 Å². The Hall–Kier alpha value is -1.95. The summed E-state index contributed by atoms with van der Waals surface area (Å²) >= 11 is 0. The Kier molecular flexibility index (Phi) is 3.06. The summed E-state index contributed by atoms with van der Waals surface area (Å²) in [7, 11) is 1.78. The molecule has 2 aromatic rings. The fourth-order valence-electron chi connectivity index (χ4n) is 1.62. The first-order valence-electron chi connectivity index (χ1n) is 5.31. The van der Waals surface area contributed by atoms with E-state index in [-0.39, 0.29) is 0 Å². The summed E-state index contributed by atoms with van der Waals surface area (Å²) < 4.78 is 7.20. The Morgan fingerprint density at radius 1 is 1.41 bits per heavy atom. The van der Waals surface area contributed by atoms with Gasteiger partial charge < -0.3 is 10.5 Å². The van der Waals surface area contributed by atoms with Gasteiger partial charge in [-0.15, -0.1) is 5.10 Å². The molecule has 0 unspecified atom stereocenters. The summed E-state index contributed by atoms with van der Waals surface area (Å²) in [5.41, 5.74) is 8.33. The second-order valence-corrected chi connectivity index (χ2v) is 3.83. The minimum Gasteiger partial charge on any atom is -0.423 e. The molecule has 0 spiro atoms. The van der Waals surface area contributed by atoms with Crippen molar-refractivity contribution >= 4 is 0 Å². The molecular formula is C11H15N5O. The van der Waals surface area contributed by atoms with Crippen LogP contribution in [0.3, 0.4) is 0 Å². The van der Waals surface area contributed by atoms with E-state index < -0.39 is 0 Å². The molecule has 17 heavy (non-hydrogen) atoms. The number of nitrogens with zero attached hydrogens (tertiary/aromatic N) is 4. The summed E-state index contributed by atoms with van der Waals surface area (Å²) in [6.07, 6.45) is 1.58. The van der Waals surface area contributed by atoms with Crippen LogP contribution < -0.4 is 10.5 Å². The Labute approximate surface area is 99.4 Å². The van der Waals surface area contributed by atoms with Gasteiger partial charge in [-0.25, -0.2) is 0 Å². The molecule has 6 nitrogen and oxygen atoms in total. The van der Waals surface area contributed by atoms with Crippen LogP contribution in [-0.2, 0) is 13.6 Å². The van der Waals surface area contributed by atoms with Gasteiger partial charge in [-0.05, 0) is 13.8 Å². The van der Waals surface area contributed by atoms with Crippen molar-refractivity contribution in [2.24, 2.45) is 12.8 Å². The molecule has 0 saturated carbocycles. The summed E-state index contributed by atoms with van der Waals surface area (Å²) in [6.45, 7) is 4.20. The van der Waals surface area contributed by atoms with Crippen molar-refractivity contribution in [3.05, 3.63) is 29.3 Å². The van der Waals surface area contributed by atoms with Crippen molar-refractivity contribution in [3.63, 3.8) is 0 Å². The molecule has 0 aliphatic carbocycles. The maximum absolute atomic E-state index is 5.69. The number of rotatable bonds is 3. The molecule has 90 valence electrons. The lowest BCUT2D eigenvalue weighted by molar-refractivity contribution is 0.432. The number of aryl methyl sites for hydroxylation is 3. The Bertz CT molecular complexity index is 535. The highest BCUT2D eigenvalue weighted by Gasteiger charge is 2.11. The Balaban J connectivity index is 2.37. The molecule has 2 aromatic heterocycles. The first-order chi connectivity index (χ1) is 8.10. The van der Waals surface area contributed by atoms with Gasteiger partial charge in [0.25, 0.3) is 0 Å². The lowest BCUT2D eigenvalue weighted by Gasteiger charge is -2.10. The zero-order chi connectivity index (χ0) is 12.4. The normalized spacial score (nSPS) is 10.6. The quantitative estimate of drug-likeness (QED) is 0.858. The predicted molar refractivity (Wildman–Crippen MR) is 62.7 cm³/mol. The number of hydrogen-bond acceptors (Lipinski definition) is 5. The fourth-order valence-corrected chi connectivity index (χ4v) is 1.62. The highest BCUT2D eigenvalue weighted by atomic mass is 16.5. The van der Waals surface area contributed by atoms with Gasteiger partial charge in [0.05, 0.1) is 0 Å². The third-order valence-electron chi connectivity index (χ3n) is 2.40. The average Bonchev–Trinajstić information content (AvgIpc) is 2.63. The second-order valence-electron chi connectivity index (χ2n) is 3.83. The van der Waals surface area contributed by atoms with E-state index in [0.29, 0.717) is 18.3 Å². The van der Waals surface area contributed by atoms with Crippen LogP contribution in [0, 0.1) is 13.8 Å². The zero-order valence-corrected chi connectivity index (χ0v) is 10.1. The summed E-state index contributed by atoms with van der Waals surface area (Å²) in [6, 6.07) is 2.15. The molecule has 0 saturated heterocycles. The Morgan fingerprint density at radius 2 is 2.18 bits per heavy atom. The van der Waals surface area contributed by atoms with Gasteiger partial charge in [0.2, 0.25) is 0 Å². The Morgan fingerprint density at radius 3 is 2.76 bits per heavy atom. The average molecular weight is 233 g/mol. The first-order valence-corrected chi connectivity index (χ1v) is 5.31. The summed E-state index contributed by atoms with van der Waals surface area (Å²) in [5, 5.41) is 4.06. The molecule has 2 rings (SSSR count). The van der Waals surface area contributed by atoms with Crippen molar-refractivity contribution < 1.29 is 4.74 Å². The number of ether oxygens (including phenoxy) is 1. The van der Waals surface area contributed by atoms with Crippen LogP contribution in [0.2, 0.25) is 0 Å². The largest absolute Gasteiger partial charge is 0.423 e. The molecule has 6 heteroatoms. The zero-order valence-electron chi connectivity index (χ0n) is 10.1. The highest BCUT2D eigenvalue weighted by molar-refractivity contribution is 5.39. The van der Waals surface area contributed by atoms with Crippen molar-refractivity contribution in [2.45, 2.75) is 20.4 Å². The van der Waals surface area contributed by atoms with Gasteiger partial charge in [-0.1, -0.05) is 0 Å². The second kappa shape index (κ2) is 4.50. The monoisotopic (exact) mass is 233 g/mol. The van der Waals surface area contributed by atoms with Crippen molar-refractivity contribution in [1.29, 1.82) is 0 Å². The molecule has 0 bridgehead atoms. The molecule has 0 aliphatic rings. The van der Waals surface area contributed by atoms with Gasteiger partial charge in [0.1, 0.15) is 12.1 Å². The molecule has 0 radical (unpaired) electrons. The third-order valence-corrected chi connectivity index (χ3v) is 2.40. The van der Waals surface area contributed by atoms with Gasteiger partial charge >= 0.3 is 6.01 Å². The van der Waals surface area contributed by atoms with E-state index in [1.54, 1.807) is 18.1 Å². The molecule has 0 aromatic carbocycles. The van der Waals surface area contributed by atoms with Crippen LogP contribution in [0.5, 0.6) is 11.8 Å². The van der Waals surface area contributed by atoms with Crippen LogP contribution in [0.1, 0.15) is 17.0 Å². The molecule has 0 atom stereocenters. The summed E-state index contributed by atoms with van der Waals surface area (Å²) in [4.78, 5) is 8.36. The lowest BCUT2D eigenvalue weighted by atomic mass is 10.1. The molecule has 2 heterocycles. The number of aromatic nitrogens is 4. The van der Waals surface area contributed by atoms with E-state index >= 15 is 0 Å². The summed E-state index contributed by atoms with van der Waals surface area (Å²) in [5.74, 6) is 0.670. The fraction of sp³-hybridized carbons (Fsp3) is 0.364. The number of pyridine rings is 1. The van der Waals surface area contributed by atoms with Gasteiger partial charge in [-0.2, -0.15) is 4.98 Å². The molecule has 0 fully saturated rings. The van der Waals surface area contributed by atoms with E-state index in [2.05, 4.69) is 15.1 Å². The number of nitrogens with two attached hydrogens (primary N) is 1. The SMILES string of the molecule is Cc1cc(Oc2ncn(C)n2)c(CN)c(C)n1. The van der Waals surface area contributed by atoms with E-state index in [4.69, 9.17) is 10.5 Å². The predicted octanol–water partition coefficient (Wildman–Crippen LogP) is 1.08. The van der Waals surface area contributed by atoms with Crippen LogP contribution >= 0.6 is 0 Å². The van der Waals surface area contributed by atoms with Crippen LogP contribution in [-0.4, -0.2) is 19.7 Å². The lowest BCUT2D eigenvalue weighted by Crippen LogP contribution is -2.05.